The van der Waals surface area contributed by atoms with Gasteiger partial charge in [0.05, 0.1) is 10.9 Å². The molecule has 0 aromatic heterocycles. The minimum absolute atomic E-state index is 0.00778. The van der Waals surface area contributed by atoms with Crippen molar-refractivity contribution in [3.05, 3.63) is 114 Å². The van der Waals surface area contributed by atoms with Crippen LogP contribution in [0.1, 0.15) is 36.3 Å². The van der Waals surface area contributed by atoms with Gasteiger partial charge in [-0.05, 0) is 53.3 Å². The van der Waals surface area contributed by atoms with Crippen molar-refractivity contribution in [3.8, 4) is 0 Å². The van der Waals surface area contributed by atoms with Gasteiger partial charge >= 0.3 is 0 Å². The Morgan fingerprint density at radius 3 is 2.20 bits per heavy atom. The van der Waals surface area contributed by atoms with Gasteiger partial charge in [-0.15, -0.1) is 0 Å². The van der Waals surface area contributed by atoms with Crippen LogP contribution in [0.15, 0.2) is 113 Å². The van der Waals surface area contributed by atoms with Crippen LogP contribution in [0, 0.1) is 0 Å². The van der Waals surface area contributed by atoms with E-state index in [1.807, 2.05) is 71.6 Å². The molecule has 0 saturated carbocycles. The number of rotatable bonds is 12. The largest absolute Gasteiger partial charge is 0.370 e. The number of nitrogens with zero attached hydrogens (tertiary/aromatic N) is 2. The molecule has 1 aliphatic rings. The molecule has 1 amide bonds. The van der Waals surface area contributed by atoms with E-state index in [9.17, 15) is 13.2 Å². The standard InChI is InChI=1S/C34H40N6O3S/c35-34(36)37-20-9-16-32-33(41)40(24-31(26-11-3-1-4-12-26)27-13-5-2-6-14-27)21-19-29(39-32)23-38-44(42,43)30-18-17-25-10-7-8-15-28(25)22-30/h1-8,10-15,17-18,22,29,31-32,38-39H,9,16,19-21,23-24H2,(H4,35,36,37)/t29?,32-/m0/s1. The molecule has 2 atom stereocenters. The normalized spacial score (nSPS) is 17.5. The predicted octanol–water partition coefficient (Wildman–Crippen LogP) is 3.56. The number of hydrogen-bond acceptors (Lipinski definition) is 5. The summed E-state index contributed by atoms with van der Waals surface area (Å²) < 4.78 is 29.4. The van der Waals surface area contributed by atoms with Crippen LogP contribution >= 0.6 is 0 Å². The van der Waals surface area contributed by atoms with Crippen molar-refractivity contribution in [2.45, 2.75) is 42.2 Å². The van der Waals surface area contributed by atoms with Crippen molar-refractivity contribution in [2.75, 3.05) is 26.2 Å². The molecule has 1 unspecified atom stereocenters. The Hall–Kier alpha value is -4.25. The molecule has 230 valence electrons. The van der Waals surface area contributed by atoms with Crippen molar-refractivity contribution in [1.82, 2.24) is 14.9 Å². The SMILES string of the molecule is NC(N)=NCCC[C@@H]1NC(CNS(=O)(=O)c2ccc3ccccc3c2)CCN(CC(c2ccccc2)c2ccccc2)C1=O. The highest BCUT2D eigenvalue weighted by Gasteiger charge is 2.33. The average molecular weight is 613 g/mol. The van der Waals surface area contributed by atoms with E-state index < -0.39 is 16.1 Å². The molecule has 0 radical (unpaired) electrons. The van der Waals surface area contributed by atoms with Gasteiger partial charge in [-0.25, -0.2) is 13.1 Å². The van der Waals surface area contributed by atoms with E-state index in [1.54, 1.807) is 12.1 Å². The first-order valence-electron chi connectivity index (χ1n) is 15.0. The Balaban J connectivity index is 1.34. The fourth-order valence-electron chi connectivity index (χ4n) is 5.76. The first-order chi connectivity index (χ1) is 21.3. The van der Waals surface area contributed by atoms with Gasteiger partial charge in [-0.1, -0.05) is 91.0 Å². The summed E-state index contributed by atoms with van der Waals surface area (Å²) >= 11 is 0. The van der Waals surface area contributed by atoms with Gasteiger partial charge in [-0.3, -0.25) is 9.79 Å². The molecule has 4 aromatic carbocycles. The highest BCUT2D eigenvalue weighted by Crippen LogP contribution is 2.27. The van der Waals surface area contributed by atoms with Crippen LogP contribution in [0.25, 0.3) is 10.8 Å². The van der Waals surface area contributed by atoms with Crippen molar-refractivity contribution in [2.24, 2.45) is 16.5 Å². The molecule has 1 heterocycles. The number of guanidine groups is 1. The Morgan fingerprint density at radius 1 is 0.909 bits per heavy atom. The van der Waals surface area contributed by atoms with E-state index in [0.29, 0.717) is 38.9 Å². The van der Waals surface area contributed by atoms with Gasteiger partial charge in [-0.2, -0.15) is 0 Å². The molecule has 0 spiro atoms. The summed E-state index contributed by atoms with van der Waals surface area (Å²) in [7, 11) is -3.76. The van der Waals surface area contributed by atoms with Crippen molar-refractivity contribution < 1.29 is 13.2 Å². The smallest absolute Gasteiger partial charge is 0.240 e. The van der Waals surface area contributed by atoms with E-state index in [-0.39, 0.29) is 35.3 Å². The third-order valence-electron chi connectivity index (χ3n) is 8.10. The molecule has 1 fully saturated rings. The molecule has 0 aliphatic carbocycles. The Kier molecular flexibility index (Phi) is 10.3. The summed E-state index contributed by atoms with van der Waals surface area (Å²) in [6.07, 6.45) is 1.71. The lowest BCUT2D eigenvalue weighted by Gasteiger charge is -2.29. The number of amides is 1. The van der Waals surface area contributed by atoms with E-state index in [0.717, 1.165) is 21.9 Å². The summed E-state index contributed by atoms with van der Waals surface area (Å²) in [4.78, 5) is 20.2. The van der Waals surface area contributed by atoms with Gasteiger partial charge in [0.25, 0.3) is 0 Å². The number of sulfonamides is 1. The summed E-state index contributed by atoms with van der Waals surface area (Å²) in [6.45, 7) is 1.56. The first kappa shape index (κ1) is 31.2. The van der Waals surface area contributed by atoms with Gasteiger partial charge in [0, 0.05) is 38.1 Å². The number of nitrogens with one attached hydrogen (secondary N) is 2. The number of fused-ring (bicyclic) bond motifs is 1. The Morgan fingerprint density at radius 2 is 1.55 bits per heavy atom. The minimum Gasteiger partial charge on any atom is -0.370 e. The number of carbonyl (C=O) groups excluding carboxylic acids is 1. The molecule has 5 rings (SSSR count). The van der Waals surface area contributed by atoms with Crippen molar-refractivity contribution in [3.63, 3.8) is 0 Å². The number of carbonyl (C=O) groups is 1. The van der Waals surface area contributed by atoms with Crippen molar-refractivity contribution in [1.29, 1.82) is 0 Å². The summed E-state index contributed by atoms with van der Waals surface area (Å²) in [5.41, 5.74) is 13.3. The highest BCUT2D eigenvalue weighted by molar-refractivity contribution is 7.89. The lowest BCUT2D eigenvalue weighted by Crippen LogP contribution is -2.49. The zero-order valence-electron chi connectivity index (χ0n) is 24.7. The molecule has 9 nitrogen and oxygen atoms in total. The third-order valence-corrected chi connectivity index (χ3v) is 9.52. The van der Waals surface area contributed by atoms with Crippen LogP contribution in [0.3, 0.4) is 0 Å². The molecular weight excluding hydrogens is 572 g/mol. The Bertz CT molecular complexity index is 1640. The number of benzene rings is 4. The number of aliphatic imine (C=N–C) groups is 1. The lowest BCUT2D eigenvalue weighted by molar-refractivity contribution is -0.133. The maximum Gasteiger partial charge on any atom is 0.240 e. The second-order valence-electron chi connectivity index (χ2n) is 11.2. The second kappa shape index (κ2) is 14.5. The number of hydrogen-bond donors (Lipinski definition) is 4. The quantitative estimate of drug-likeness (QED) is 0.109. The van der Waals surface area contributed by atoms with Crippen LogP contribution < -0.4 is 21.5 Å². The third kappa shape index (κ3) is 8.02. The van der Waals surface area contributed by atoms with E-state index >= 15 is 0 Å². The average Bonchev–Trinajstić information content (AvgIpc) is 3.19. The summed E-state index contributed by atoms with van der Waals surface area (Å²) in [6, 6.07) is 32.4. The van der Waals surface area contributed by atoms with E-state index in [4.69, 9.17) is 11.5 Å². The maximum atomic E-state index is 14.0. The molecule has 4 aromatic rings. The fourth-order valence-corrected chi connectivity index (χ4v) is 6.87. The predicted molar refractivity (Wildman–Crippen MR) is 176 cm³/mol. The molecule has 6 N–H and O–H groups in total. The zero-order valence-corrected chi connectivity index (χ0v) is 25.5. The molecular formula is C34H40N6O3S. The molecule has 44 heavy (non-hydrogen) atoms. The van der Waals surface area contributed by atoms with E-state index in [2.05, 4.69) is 39.3 Å². The maximum absolute atomic E-state index is 14.0. The lowest BCUT2D eigenvalue weighted by atomic mass is 9.90. The number of nitrogens with two attached hydrogens (primary N) is 2. The molecule has 1 aliphatic heterocycles. The van der Waals surface area contributed by atoms with Crippen LogP contribution in [-0.4, -0.2) is 63.4 Å². The second-order valence-corrected chi connectivity index (χ2v) is 12.9. The van der Waals surface area contributed by atoms with Gasteiger partial charge in [0.1, 0.15) is 0 Å². The molecule has 0 bridgehead atoms. The first-order valence-corrected chi connectivity index (χ1v) is 16.5. The Labute approximate surface area is 259 Å². The topological polar surface area (TPSA) is 143 Å². The summed E-state index contributed by atoms with van der Waals surface area (Å²) in [5.74, 6) is -0.000593. The van der Waals surface area contributed by atoms with Gasteiger partial charge in [0.2, 0.25) is 15.9 Å². The van der Waals surface area contributed by atoms with Crippen LogP contribution in [0.5, 0.6) is 0 Å². The fraction of sp³-hybridized carbons (Fsp3) is 0.294. The highest BCUT2D eigenvalue weighted by atomic mass is 32.2. The van der Waals surface area contributed by atoms with Crippen LogP contribution in [0.2, 0.25) is 0 Å². The molecule has 10 heteroatoms. The molecule has 1 saturated heterocycles. The van der Waals surface area contributed by atoms with Crippen LogP contribution in [0.4, 0.5) is 0 Å². The van der Waals surface area contributed by atoms with E-state index in [1.165, 1.54) is 0 Å². The monoisotopic (exact) mass is 612 g/mol. The van der Waals surface area contributed by atoms with Gasteiger partial charge < -0.3 is 21.7 Å². The summed E-state index contributed by atoms with van der Waals surface area (Å²) in [5, 5.41) is 5.29. The zero-order chi connectivity index (χ0) is 30.9. The van der Waals surface area contributed by atoms with Crippen LogP contribution in [-0.2, 0) is 14.8 Å². The van der Waals surface area contributed by atoms with Crippen molar-refractivity contribution >= 4 is 32.7 Å². The van der Waals surface area contributed by atoms with Gasteiger partial charge in [0.15, 0.2) is 5.96 Å². The minimum atomic E-state index is -3.76.